The third-order valence-electron chi connectivity index (χ3n) is 2.22. The number of ether oxygens (including phenoxy) is 1. The fraction of sp³-hybridized carbons (Fsp3) is 0.455. The molecule has 0 aromatic heterocycles. The number of benzene rings is 1. The molecule has 0 fully saturated rings. The maximum atomic E-state index is 5.11. The number of methoxy groups -OCH3 is 1. The van der Waals surface area contributed by atoms with Crippen molar-refractivity contribution in [2.75, 3.05) is 28.3 Å². The van der Waals surface area contributed by atoms with Crippen molar-refractivity contribution in [1.82, 2.24) is 10.2 Å². The summed E-state index contributed by atoms with van der Waals surface area (Å²) in [5.41, 5.74) is 1.23. The third kappa shape index (κ3) is 2.47. The molecule has 78 valence electrons. The van der Waals surface area contributed by atoms with E-state index < -0.39 is 0 Å². The molecule has 0 saturated heterocycles. The predicted molar refractivity (Wildman–Crippen MR) is 58.5 cm³/mol. The molecule has 0 aliphatic carbocycles. The SMILES string of the molecule is CNC(c1ccc(OC)cc1)N(C)C. The maximum absolute atomic E-state index is 5.11. The summed E-state index contributed by atoms with van der Waals surface area (Å²) in [5, 5.41) is 3.24. The second-order valence-electron chi connectivity index (χ2n) is 3.43. The summed E-state index contributed by atoms with van der Waals surface area (Å²) in [5.74, 6) is 0.891. The van der Waals surface area contributed by atoms with Gasteiger partial charge < -0.3 is 10.1 Å². The lowest BCUT2D eigenvalue weighted by Gasteiger charge is -2.24. The van der Waals surface area contributed by atoms with Crippen molar-refractivity contribution < 1.29 is 4.74 Å². The molecule has 0 amide bonds. The van der Waals surface area contributed by atoms with E-state index in [-0.39, 0.29) is 6.17 Å². The van der Waals surface area contributed by atoms with Crippen LogP contribution in [0.5, 0.6) is 5.75 Å². The van der Waals surface area contributed by atoms with E-state index in [1.807, 2.05) is 33.3 Å². The van der Waals surface area contributed by atoms with E-state index in [9.17, 15) is 0 Å². The third-order valence-corrected chi connectivity index (χ3v) is 2.22. The molecule has 0 heterocycles. The second kappa shape index (κ2) is 4.98. The first kappa shape index (κ1) is 11.0. The van der Waals surface area contributed by atoms with Gasteiger partial charge in [0, 0.05) is 0 Å². The van der Waals surface area contributed by atoms with Gasteiger partial charge in [-0.3, -0.25) is 4.90 Å². The molecule has 14 heavy (non-hydrogen) atoms. The van der Waals surface area contributed by atoms with Gasteiger partial charge in [-0.05, 0) is 38.8 Å². The van der Waals surface area contributed by atoms with Crippen LogP contribution in [0.1, 0.15) is 11.7 Å². The molecule has 0 bridgehead atoms. The molecule has 1 unspecified atom stereocenters. The summed E-state index contributed by atoms with van der Waals surface area (Å²) in [7, 11) is 7.72. The van der Waals surface area contributed by atoms with Crippen LogP contribution in [0.3, 0.4) is 0 Å². The normalized spacial score (nSPS) is 12.9. The van der Waals surface area contributed by atoms with E-state index >= 15 is 0 Å². The second-order valence-corrected chi connectivity index (χ2v) is 3.43. The van der Waals surface area contributed by atoms with Gasteiger partial charge in [0.25, 0.3) is 0 Å². The zero-order chi connectivity index (χ0) is 10.6. The molecule has 3 heteroatoms. The van der Waals surface area contributed by atoms with Crippen LogP contribution in [0.2, 0.25) is 0 Å². The lowest BCUT2D eigenvalue weighted by atomic mass is 10.1. The molecular formula is C11H18N2O. The predicted octanol–water partition coefficient (Wildman–Crippen LogP) is 1.47. The minimum Gasteiger partial charge on any atom is -0.497 e. The van der Waals surface area contributed by atoms with Gasteiger partial charge in [0.05, 0.1) is 13.3 Å². The summed E-state index contributed by atoms with van der Waals surface area (Å²) < 4.78 is 5.11. The first-order chi connectivity index (χ1) is 6.69. The van der Waals surface area contributed by atoms with Crippen LogP contribution in [0.25, 0.3) is 0 Å². The Labute approximate surface area is 85.7 Å². The molecule has 1 rings (SSSR count). The average molecular weight is 194 g/mol. The maximum Gasteiger partial charge on any atom is 0.118 e. The molecule has 1 N–H and O–H groups in total. The van der Waals surface area contributed by atoms with Crippen molar-refractivity contribution in [3.8, 4) is 5.75 Å². The lowest BCUT2D eigenvalue weighted by molar-refractivity contribution is 0.264. The summed E-state index contributed by atoms with van der Waals surface area (Å²) in [6.07, 6.45) is 0.251. The molecule has 1 atom stereocenters. The zero-order valence-corrected chi connectivity index (χ0v) is 9.24. The van der Waals surface area contributed by atoms with Crippen LogP contribution in [0.4, 0.5) is 0 Å². The fourth-order valence-corrected chi connectivity index (χ4v) is 1.51. The van der Waals surface area contributed by atoms with Crippen LogP contribution >= 0.6 is 0 Å². The average Bonchev–Trinajstić information content (AvgIpc) is 2.19. The van der Waals surface area contributed by atoms with Gasteiger partial charge in [0.15, 0.2) is 0 Å². The van der Waals surface area contributed by atoms with Crippen molar-refractivity contribution in [2.45, 2.75) is 6.17 Å². The Hall–Kier alpha value is -1.06. The van der Waals surface area contributed by atoms with E-state index in [0.29, 0.717) is 0 Å². The number of rotatable bonds is 4. The smallest absolute Gasteiger partial charge is 0.118 e. The molecule has 3 nitrogen and oxygen atoms in total. The summed E-state index contributed by atoms with van der Waals surface area (Å²) in [4.78, 5) is 2.13. The summed E-state index contributed by atoms with van der Waals surface area (Å²) in [6.45, 7) is 0. The van der Waals surface area contributed by atoms with Gasteiger partial charge in [-0.1, -0.05) is 12.1 Å². The van der Waals surface area contributed by atoms with Crippen LogP contribution in [-0.4, -0.2) is 33.2 Å². The van der Waals surface area contributed by atoms with Gasteiger partial charge in [-0.15, -0.1) is 0 Å². The Balaban J connectivity index is 2.84. The van der Waals surface area contributed by atoms with Gasteiger partial charge in [-0.2, -0.15) is 0 Å². The minimum atomic E-state index is 0.251. The van der Waals surface area contributed by atoms with E-state index in [2.05, 4.69) is 22.3 Å². The molecular weight excluding hydrogens is 176 g/mol. The van der Waals surface area contributed by atoms with Crippen molar-refractivity contribution in [1.29, 1.82) is 0 Å². The Morgan fingerprint density at radius 2 is 1.79 bits per heavy atom. The first-order valence-electron chi connectivity index (χ1n) is 4.66. The molecule has 1 aromatic carbocycles. The van der Waals surface area contributed by atoms with E-state index in [0.717, 1.165) is 5.75 Å². The van der Waals surface area contributed by atoms with Gasteiger partial charge in [0.1, 0.15) is 5.75 Å². The molecule has 0 aliphatic rings. The summed E-state index contributed by atoms with van der Waals surface area (Å²) >= 11 is 0. The molecule has 0 saturated carbocycles. The highest BCUT2D eigenvalue weighted by atomic mass is 16.5. The summed E-state index contributed by atoms with van der Waals surface area (Å²) in [6, 6.07) is 8.09. The van der Waals surface area contributed by atoms with Crippen LogP contribution in [0.15, 0.2) is 24.3 Å². The largest absolute Gasteiger partial charge is 0.497 e. The zero-order valence-electron chi connectivity index (χ0n) is 9.24. The van der Waals surface area contributed by atoms with Crippen molar-refractivity contribution >= 4 is 0 Å². The van der Waals surface area contributed by atoms with Crippen LogP contribution in [-0.2, 0) is 0 Å². The lowest BCUT2D eigenvalue weighted by Crippen LogP contribution is -2.30. The standard InChI is InChI=1S/C11H18N2O/c1-12-11(13(2)3)9-5-7-10(14-4)8-6-9/h5-8,11-12H,1-4H3. The Kier molecular flexibility index (Phi) is 3.92. The Morgan fingerprint density at radius 3 is 2.14 bits per heavy atom. The van der Waals surface area contributed by atoms with E-state index in [1.165, 1.54) is 5.56 Å². The highest BCUT2D eigenvalue weighted by Crippen LogP contribution is 2.18. The van der Waals surface area contributed by atoms with Crippen molar-refractivity contribution in [2.24, 2.45) is 0 Å². The monoisotopic (exact) mass is 194 g/mol. The van der Waals surface area contributed by atoms with Gasteiger partial charge in [-0.25, -0.2) is 0 Å². The molecule has 1 aromatic rings. The van der Waals surface area contributed by atoms with Crippen LogP contribution < -0.4 is 10.1 Å². The first-order valence-corrected chi connectivity index (χ1v) is 4.66. The number of hydrogen-bond acceptors (Lipinski definition) is 3. The Morgan fingerprint density at radius 1 is 1.21 bits per heavy atom. The topological polar surface area (TPSA) is 24.5 Å². The highest BCUT2D eigenvalue weighted by Gasteiger charge is 2.10. The molecule has 0 spiro atoms. The fourth-order valence-electron chi connectivity index (χ4n) is 1.51. The van der Waals surface area contributed by atoms with Gasteiger partial charge in [0.2, 0.25) is 0 Å². The number of hydrogen-bond donors (Lipinski definition) is 1. The van der Waals surface area contributed by atoms with Crippen molar-refractivity contribution in [3.63, 3.8) is 0 Å². The van der Waals surface area contributed by atoms with E-state index in [4.69, 9.17) is 4.74 Å². The molecule has 0 radical (unpaired) electrons. The molecule has 0 aliphatic heterocycles. The van der Waals surface area contributed by atoms with Crippen LogP contribution in [0, 0.1) is 0 Å². The number of nitrogens with one attached hydrogen (secondary N) is 1. The van der Waals surface area contributed by atoms with Crippen molar-refractivity contribution in [3.05, 3.63) is 29.8 Å². The quantitative estimate of drug-likeness (QED) is 0.735. The highest BCUT2D eigenvalue weighted by molar-refractivity contribution is 5.28. The van der Waals surface area contributed by atoms with E-state index in [1.54, 1.807) is 7.11 Å². The minimum absolute atomic E-state index is 0.251. The van der Waals surface area contributed by atoms with Gasteiger partial charge >= 0.3 is 0 Å². The Bertz CT molecular complexity index is 269. The number of nitrogens with zero attached hydrogens (tertiary/aromatic N) is 1.